The largest absolute Gasteiger partial charge is 0.493 e. The van der Waals surface area contributed by atoms with Crippen LogP contribution in [0.4, 0.5) is 0 Å². The van der Waals surface area contributed by atoms with Crippen LogP contribution in [0.1, 0.15) is 23.1 Å². The van der Waals surface area contributed by atoms with Gasteiger partial charge in [-0.05, 0) is 42.0 Å². The summed E-state index contributed by atoms with van der Waals surface area (Å²) in [6, 6.07) is 4.89. The molecule has 1 heterocycles. The lowest BCUT2D eigenvalue weighted by Gasteiger charge is -2.22. The highest BCUT2D eigenvalue weighted by Gasteiger charge is 2.20. The quantitative estimate of drug-likeness (QED) is 0.670. The first-order chi connectivity index (χ1) is 6.83. The lowest BCUT2D eigenvalue weighted by Crippen LogP contribution is -2.27. The van der Waals surface area contributed by atoms with Crippen LogP contribution in [0.15, 0.2) is 12.1 Å². The zero-order valence-corrected chi connectivity index (χ0v) is 8.25. The van der Waals surface area contributed by atoms with E-state index in [1.54, 1.807) is 0 Å². The van der Waals surface area contributed by atoms with Gasteiger partial charge in [0.1, 0.15) is 5.75 Å². The zero-order valence-electron chi connectivity index (χ0n) is 8.25. The molecule has 74 valence electrons. The molecule has 1 aromatic carbocycles. The standard InChI is InChI=1S/C12H15NO/c13-11-2-1-8-7-12-9(3-4-14-12)5-10(8)6-11/h5,7,11H,1-4,6,13H2/t11-/m1/s1. The highest BCUT2D eigenvalue weighted by atomic mass is 16.5. The SMILES string of the molecule is N[C@@H]1CCc2cc3c(cc2C1)CCO3. The van der Waals surface area contributed by atoms with Gasteiger partial charge in [-0.2, -0.15) is 0 Å². The molecular formula is C12H15NO. The summed E-state index contributed by atoms with van der Waals surface area (Å²) in [5.74, 6) is 1.11. The molecule has 0 aromatic heterocycles. The second kappa shape index (κ2) is 2.99. The van der Waals surface area contributed by atoms with Crippen LogP contribution in [0.2, 0.25) is 0 Å². The lowest BCUT2D eigenvalue weighted by atomic mass is 9.87. The summed E-state index contributed by atoms with van der Waals surface area (Å²) >= 11 is 0. The van der Waals surface area contributed by atoms with Gasteiger partial charge in [0.25, 0.3) is 0 Å². The van der Waals surface area contributed by atoms with Crippen molar-refractivity contribution in [3.63, 3.8) is 0 Å². The Bertz CT molecular complexity index is 373. The molecular weight excluding hydrogens is 174 g/mol. The van der Waals surface area contributed by atoms with Crippen LogP contribution < -0.4 is 10.5 Å². The van der Waals surface area contributed by atoms with E-state index in [-0.39, 0.29) is 0 Å². The Labute approximate surface area is 84.1 Å². The number of hydrogen-bond acceptors (Lipinski definition) is 2. The second-order valence-corrected chi connectivity index (χ2v) is 4.33. The second-order valence-electron chi connectivity index (χ2n) is 4.33. The van der Waals surface area contributed by atoms with Gasteiger partial charge in [-0.3, -0.25) is 0 Å². The van der Waals surface area contributed by atoms with Crippen LogP contribution in [0.3, 0.4) is 0 Å². The van der Waals surface area contributed by atoms with Crippen LogP contribution in [0.5, 0.6) is 5.75 Å². The van der Waals surface area contributed by atoms with Crippen molar-refractivity contribution in [2.45, 2.75) is 31.7 Å². The maximum Gasteiger partial charge on any atom is 0.122 e. The minimum Gasteiger partial charge on any atom is -0.493 e. The molecule has 0 spiro atoms. The summed E-state index contributed by atoms with van der Waals surface area (Å²) in [6.07, 6.45) is 4.35. The Morgan fingerprint density at radius 3 is 3.00 bits per heavy atom. The highest BCUT2D eigenvalue weighted by molar-refractivity contribution is 5.46. The topological polar surface area (TPSA) is 35.2 Å². The number of benzene rings is 1. The summed E-state index contributed by atoms with van der Waals surface area (Å²) in [5.41, 5.74) is 10.2. The van der Waals surface area contributed by atoms with Crippen molar-refractivity contribution >= 4 is 0 Å². The van der Waals surface area contributed by atoms with Crippen LogP contribution in [-0.2, 0) is 19.3 Å². The molecule has 1 aliphatic carbocycles. The van der Waals surface area contributed by atoms with E-state index in [1.165, 1.54) is 16.7 Å². The van der Waals surface area contributed by atoms with Gasteiger partial charge >= 0.3 is 0 Å². The Kier molecular flexibility index (Phi) is 1.77. The molecule has 0 saturated heterocycles. The fourth-order valence-electron chi connectivity index (χ4n) is 2.47. The molecule has 0 unspecified atom stereocenters. The molecule has 2 aliphatic rings. The van der Waals surface area contributed by atoms with Crippen molar-refractivity contribution in [1.29, 1.82) is 0 Å². The summed E-state index contributed by atoms with van der Waals surface area (Å²) in [6.45, 7) is 0.851. The van der Waals surface area contributed by atoms with Crippen LogP contribution in [0, 0.1) is 0 Å². The zero-order chi connectivity index (χ0) is 9.54. The van der Waals surface area contributed by atoms with E-state index in [1.807, 2.05) is 0 Å². The fraction of sp³-hybridized carbons (Fsp3) is 0.500. The maximum atomic E-state index is 5.96. The molecule has 14 heavy (non-hydrogen) atoms. The van der Waals surface area contributed by atoms with Gasteiger partial charge in [-0.25, -0.2) is 0 Å². The molecule has 1 aliphatic heterocycles. The predicted octanol–water partition coefficient (Wildman–Crippen LogP) is 1.44. The molecule has 1 aromatic rings. The first kappa shape index (κ1) is 8.30. The lowest BCUT2D eigenvalue weighted by molar-refractivity contribution is 0.356. The minimum atomic E-state index is 0.364. The third-order valence-corrected chi connectivity index (χ3v) is 3.28. The summed E-state index contributed by atoms with van der Waals surface area (Å²) in [4.78, 5) is 0. The van der Waals surface area contributed by atoms with Crippen molar-refractivity contribution in [1.82, 2.24) is 0 Å². The Morgan fingerprint density at radius 2 is 2.07 bits per heavy atom. The normalized spacial score (nSPS) is 23.9. The van der Waals surface area contributed by atoms with E-state index in [0.717, 1.165) is 38.0 Å². The van der Waals surface area contributed by atoms with Crippen molar-refractivity contribution in [3.8, 4) is 5.75 Å². The van der Waals surface area contributed by atoms with Gasteiger partial charge in [0.2, 0.25) is 0 Å². The van der Waals surface area contributed by atoms with Crippen molar-refractivity contribution in [2.75, 3.05) is 6.61 Å². The number of hydrogen-bond donors (Lipinski definition) is 1. The Hall–Kier alpha value is -1.02. The maximum absolute atomic E-state index is 5.96. The van der Waals surface area contributed by atoms with Gasteiger partial charge < -0.3 is 10.5 Å². The molecule has 0 radical (unpaired) electrons. The van der Waals surface area contributed by atoms with Crippen molar-refractivity contribution in [2.24, 2.45) is 5.73 Å². The van der Waals surface area contributed by atoms with Gasteiger partial charge in [-0.15, -0.1) is 0 Å². The minimum absolute atomic E-state index is 0.364. The third-order valence-electron chi connectivity index (χ3n) is 3.28. The smallest absolute Gasteiger partial charge is 0.122 e. The third kappa shape index (κ3) is 1.22. The van der Waals surface area contributed by atoms with E-state index in [9.17, 15) is 0 Å². The molecule has 1 atom stereocenters. The van der Waals surface area contributed by atoms with E-state index in [0.29, 0.717) is 6.04 Å². The summed E-state index contributed by atoms with van der Waals surface area (Å²) in [5, 5.41) is 0. The van der Waals surface area contributed by atoms with E-state index < -0.39 is 0 Å². The predicted molar refractivity (Wildman–Crippen MR) is 55.6 cm³/mol. The number of aryl methyl sites for hydroxylation is 1. The van der Waals surface area contributed by atoms with Crippen molar-refractivity contribution in [3.05, 3.63) is 28.8 Å². The average Bonchev–Trinajstić information content (AvgIpc) is 2.61. The van der Waals surface area contributed by atoms with Crippen LogP contribution in [0.25, 0.3) is 0 Å². The Morgan fingerprint density at radius 1 is 1.14 bits per heavy atom. The van der Waals surface area contributed by atoms with Crippen LogP contribution in [-0.4, -0.2) is 12.6 Å². The first-order valence-electron chi connectivity index (χ1n) is 5.36. The fourth-order valence-corrected chi connectivity index (χ4v) is 2.47. The van der Waals surface area contributed by atoms with E-state index in [2.05, 4.69) is 12.1 Å². The van der Waals surface area contributed by atoms with E-state index in [4.69, 9.17) is 10.5 Å². The number of fused-ring (bicyclic) bond motifs is 2. The van der Waals surface area contributed by atoms with Gasteiger partial charge in [0.15, 0.2) is 0 Å². The van der Waals surface area contributed by atoms with Crippen molar-refractivity contribution < 1.29 is 4.74 Å². The van der Waals surface area contributed by atoms with Crippen LogP contribution >= 0.6 is 0 Å². The Balaban J connectivity index is 2.06. The molecule has 2 N–H and O–H groups in total. The molecule has 0 saturated carbocycles. The van der Waals surface area contributed by atoms with Gasteiger partial charge in [0.05, 0.1) is 6.61 Å². The molecule has 0 bridgehead atoms. The number of rotatable bonds is 0. The van der Waals surface area contributed by atoms with E-state index >= 15 is 0 Å². The molecule has 2 heteroatoms. The van der Waals surface area contributed by atoms with Gasteiger partial charge in [-0.1, -0.05) is 6.07 Å². The number of ether oxygens (including phenoxy) is 1. The van der Waals surface area contributed by atoms with Gasteiger partial charge in [0, 0.05) is 12.5 Å². The first-order valence-corrected chi connectivity index (χ1v) is 5.36. The monoisotopic (exact) mass is 189 g/mol. The summed E-state index contributed by atoms with van der Waals surface area (Å²) in [7, 11) is 0. The number of nitrogens with two attached hydrogens (primary N) is 1. The molecule has 2 nitrogen and oxygen atoms in total. The highest BCUT2D eigenvalue weighted by Crippen LogP contribution is 2.32. The summed E-state index contributed by atoms with van der Waals surface area (Å²) < 4.78 is 5.56. The average molecular weight is 189 g/mol. The molecule has 0 amide bonds. The molecule has 0 fully saturated rings. The molecule has 3 rings (SSSR count).